The molecule has 7 atom stereocenters. The van der Waals surface area contributed by atoms with Gasteiger partial charge in [0.15, 0.2) is 0 Å². The number of methoxy groups -OCH3 is 1. The van der Waals surface area contributed by atoms with Crippen LogP contribution in [0, 0.1) is 16.7 Å². The molecule has 0 spiro atoms. The van der Waals surface area contributed by atoms with Crippen LogP contribution in [0.3, 0.4) is 0 Å². The summed E-state index contributed by atoms with van der Waals surface area (Å²) in [7, 11) is 1.51. The maximum absolute atomic E-state index is 13.3. The zero-order valence-corrected chi connectivity index (χ0v) is 21.5. The Balaban J connectivity index is 1.75. The highest BCUT2D eigenvalue weighted by atomic mass is 16.6. The van der Waals surface area contributed by atoms with Crippen molar-refractivity contribution in [3.05, 3.63) is 34.3 Å². The molecule has 3 aliphatic carbocycles. The van der Waals surface area contributed by atoms with Gasteiger partial charge >= 0.3 is 11.9 Å². The second kappa shape index (κ2) is 8.89. The van der Waals surface area contributed by atoms with Crippen LogP contribution in [0.4, 0.5) is 0 Å². The maximum Gasteiger partial charge on any atom is 0.340 e. The van der Waals surface area contributed by atoms with Crippen molar-refractivity contribution in [3.8, 4) is 0 Å². The number of carbonyl (C=O) groups is 2. The first-order valence-electron chi connectivity index (χ1n) is 12.9. The summed E-state index contributed by atoms with van der Waals surface area (Å²) in [5, 5.41) is 34.1. The molecule has 1 saturated carbocycles. The Labute approximate surface area is 211 Å². The zero-order valence-electron chi connectivity index (χ0n) is 21.5. The number of nitrogens with zero attached hydrogens (tertiary/aromatic N) is 1. The predicted octanol–water partition coefficient (Wildman–Crippen LogP) is 2.14. The van der Waals surface area contributed by atoms with E-state index in [1.807, 2.05) is 18.7 Å². The molecular weight excluding hydrogens is 466 g/mol. The van der Waals surface area contributed by atoms with Crippen LogP contribution in [0.1, 0.15) is 52.9 Å². The molecule has 5 aliphatic rings. The topological polar surface area (TPSA) is 126 Å². The van der Waals surface area contributed by atoms with Gasteiger partial charge in [0.25, 0.3) is 0 Å². The summed E-state index contributed by atoms with van der Waals surface area (Å²) in [5.74, 6) is -1.58. The van der Waals surface area contributed by atoms with Gasteiger partial charge in [0.1, 0.15) is 24.1 Å². The van der Waals surface area contributed by atoms with E-state index in [0.717, 1.165) is 25.9 Å². The van der Waals surface area contributed by atoms with Crippen LogP contribution in [0.15, 0.2) is 34.3 Å². The minimum absolute atomic E-state index is 0.0558. The summed E-state index contributed by atoms with van der Waals surface area (Å²) in [4.78, 5) is 27.6. The van der Waals surface area contributed by atoms with Gasteiger partial charge in [-0.15, -0.1) is 0 Å². The Bertz CT molecular complexity index is 1060. The molecule has 3 N–H and O–H groups in total. The molecule has 0 aromatic heterocycles. The average molecular weight is 504 g/mol. The molecular formula is C27H37NO8. The smallest absolute Gasteiger partial charge is 0.340 e. The van der Waals surface area contributed by atoms with E-state index < -0.39 is 47.2 Å². The molecule has 2 aliphatic heterocycles. The van der Waals surface area contributed by atoms with Crippen molar-refractivity contribution in [2.45, 2.75) is 77.3 Å². The van der Waals surface area contributed by atoms with Crippen LogP contribution >= 0.6 is 0 Å². The fourth-order valence-corrected chi connectivity index (χ4v) is 7.53. The maximum atomic E-state index is 13.3. The number of ether oxygens (including phenoxy) is 3. The summed E-state index contributed by atoms with van der Waals surface area (Å²) in [6.45, 7) is 6.79. The monoisotopic (exact) mass is 503 g/mol. The third-order valence-corrected chi connectivity index (χ3v) is 9.27. The molecule has 2 saturated heterocycles. The lowest BCUT2D eigenvalue weighted by molar-refractivity contribution is -0.161. The van der Waals surface area contributed by atoms with Crippen LogP contribution < -0.4 is 0 Å². The fourth-order valence-electron chi connectivity index (χ4n) is 7.53. The number of rotatable bonds is 4. The Morgan fingerprint density at radius 2 is 1.92 bits per heavy atom. The number of fused-ring (bicyclic) bond motifs is 4. The number of aliphatic hydroxyl groups is 3. The number of hydrogen-bond acceptors (Lipinski definition) is 9. The first kappa shape index (κ1) is 25.3. The third-order valence-electron chi connectivity index (χ3n) is 9.27. The van der Waals surface area contributed by atoms with Crippen molar-refractivity contribution in [1.82, 2.24) is 4.90 Å². The third kappa shape index (κ3) is 3.54. The van der Waals surface area contributed by atoms with Crippen molar-refractivity contribution in [2.24, 2.45) is 16.7 Å². The molecule has 0 aromatic carbocycles. The fraction of sp³-hybridized carbons (Fsp3) is 0.704. The molecule has 9 nitrogen and oxygen atoms in total. The van der Waals surface area contributed by atoms with E-state index in [1.165, 1.54) is 14.0 Å². The second-order valence-corrected chi connectivity index (χ2v) is 11.3. The Morgan fingerprint density at radius 3 is 2.56 bits per heavy atom. The van der Waals surface area contributed by atoms with E-state index in [-0.39, 0.29) is 23.9 Å². The lowest BCUT2D eigenvalue weighted by Gasteiger charge is -2.55. The Hall–Kier alpha value is -2.36. The predicted molar refractivity (Wildman–Crippen MR) is 128 cm³/mol. The van der Waals surface area contributed by atoms with Gasteiger partial charge in [0, 0.05) is 44.3 Å². The average Bonchev–Trinajstić information content (AvgIpc) is 3.42. The summed E-state index contributed by atoms with van der Waals surface area (Å²) in [6, 6.07) is 0. The molecule has 9 heteroatoms. The van der Waals surface area contributed by atoms with Gasteiger partial charge < -0.3 is 34.4 Å². The molecule has 0 aromatic rings. The molecule has 198 valence electrons. The van der Waals surface area contributed by atoms with E-state index in [0.29, 0.717) is 36.0 Å². The van der Waals surface area contributed by atoms with Crippen LogP contribution in [-0.2, 0) is 23.8 Å². The quantitative estimate of drug-likeness (QED) is 0.300. The second-order valence-electron chi connectivity index (χ2n) is 11.3. The normalized spacial score (nSPS) is 41.3. The SMILES string of the molecule is COCC1OC(=O)/C(=C/N2CCCC2)C2=C(O)C(O)C3=C(C(OC(C)=O)CC4(C)C(O)CCC34)C21C. The Kier molecular flexibility index (Phi) is 6.24. The summed E-state index contributed by atoms with van der Waals surface area (Å²) in [6.07, 6.45) is 1.68. The van der Waals surface area contributed by atoms with Crippen molar-refractivity contribution in [3.63, 3.8) is 0 Å². The first-order chi connectivity index (χ1) is 17.0. The molecule has 7 unspecified atom stereocenters. The number of esters is 2. The minimum Gasteiger partial charge on any atom is -0.509 e. The minimum atomic E-state index is -1.38. The number of cyclic esters (lactones) is 1. The van der Waals surface area contributed by atoms with Crippen molar-refractivity contribution >= 4 is 11.9 Å². The Morgan fingerprint density at radius 1 is 1.22 bits per heavy atom. The lowest BCUT2D eigenvalue weighted by Crippen LogP contribution is -2.57. The molecule has 5 rings (SSSR count). The molecule has 0 amide bonds. The highest BCUT2D eigenvalue weighted by molar-refractivity contribution is 5.96. The molecule has 3 fully saturated rings. The van der Waals surface area contributed by atoms with Crippen LogP contribution in [0.2, 0.25) is 0 Å². The van der Waals surface area contributed by atoms with Gasteiger partial charge in [-0.2, -0.15) is 0 Å². The lowest BCUT2D eigenvalue weighted by atomic mass is 9.53. The number of likely N-dealkylation sites (tertiary alicyclic amines) is 1. The number of carbonyl (C=O) groups excluding carboxylic acids is 2. The van der Waals surface area contributed by atoms with E-state index in [2.05, 4.69) is 0 Å². The van der Waals surface area contributed by atoms with Gasteiger partial charge in [0.05, 0.1) is 23.7 Å². The molecule has 0 radical (unpaired) electrons. The molecule has 2 heterocycles. The molecule has 0 bridgehead atoms. The van der Waals surface area contributed by atoms with E-state index in [4.69, 9.17) is 14.2 Å². The van der Waals surface area contributed by atoms with Gasteiger partial charge in [-0.3, -0.25) is 4.79 Å². The van der Waals surface area contributed by atoms with Crippen LogP contribution in [-0.4, -0.2) is 83.4 Å². The van der Waals surface area contributed by atoms with Crippen LogP contribution in [0.5, 0.6) is 0 Å². The van der Waals surface area contributed by atoms with Crippen LogP contribution in [0.25, 0.3) is 0 Å². The summed E-state index contributed by atoms with van der Waals surface area (Å²) >= 11 is 0. The number of aliphatic hydroxyl groups excluding tert-OH is 3. The largest absolute Gasteiger partial charge is 0.509 e. The van der Waals surface area contributed by atoms with Crippen molar-refractivity contribution in [1.29, 1.82) is 0 Å². The zero-order chi connectivity index (χ0) is 26.0. The van der Waals surface area contributed by atoms with E-state index >= 15 is 0 Å². The van der Waals surface area contributed by atoms with Gasteiger partial charge in [-0.05, 0) is 56.1 Å². The van der Waals surface area contributed by atoms with E-state index in [1.54, 1.807) is 6.20 Å². The molecule has 36 heavy (non-hydrogen) atoms. The number of hydrogen-bond donors (Lipinski definition) is 3. The highest BCUT2D eigenvalue weighted by Crippen LogP contribution is 2.64. The van der Waals surface area contributed by atoms with Crippen molar-refractivity contribution in [2.75, 3.05) is 26.8 Å². The van der Waals surface area contributed by atoms with Gasteiger partial charge in [-0.1, -0.05) is 6.92 Å². The first-order valence-corrected chi connectivity index (χ1v) is 12.9. The van der Waals surface area contributed by atoms with Gasteiger partial charge in [0.2, 0.25) is 0 Å². The highest BCUT2D eigenvalue weighted by Gasteiger charge is 2.64. The van der Waals surface area contributed by atoms with Crippen molar-refractivity contribution < 1.29 is 39.1 Å². The standard InChI is InChI=1S/C27H37NO8/c1-14(29)35-17-11-26(2)16(7-8-18(26)30)20-22(17)27(3)19(13-34-4)36-25(33)15(12-28-9-5-6-10-28)21(27)24(32)23(20)31/h12,16-19,23,30-32H,5-11,13H2,1-4H3/b15-12+. The van der Waals surface area contributed by atoms with Gasteiger partial charge in [-0.25, -0.2) is 4.79 Å². The van der Waals surface area contributed by atoms with E-state index in [9.17, 15) is 24.9 Å². The summed E-state index contributed by atoms with van der Waals surface area (Å²) < 4.78 is 17.3. The summed E-state index contributed by atoms with van der Waals surface area (Å²) in [5.41, 5.74) is -0.0196.